The fourth-order valence-electron chi connectivity index (χ4n) is 5.61. The van der Waals surface area contributed by atoms with Crippen LogP contribution in [-0.2, 0) is 20.7 Å². The van der Waals surface area contributed by atoms with Crippen molar-refractivity contribution in [2.24, 2.45) is 0 Å². The summed E-state index contributed by atoms with van der Waals surface area (Å²) in [5.41, 5.74) is 2.44. The molecule has 6 heteroatoms. The number of ether oxygens (including phenoxy) is 2. The number of aliphatic hydroxyl groups excluding tert-OH is 1. The fourth-order valence-corrected chi connectivity index (χ4v) is 5.61. The number of rotatable bonds is 4. The number of carbonyl (C=O) groups is 2. The predicted molar refractivity (Wildman–Crippen MR) is 132 cm³/mol. The predicted octanol–water partition coefficient (Wildman–Crippen LogP) is 4.76. The van der Waals surface area contributed by atoms with Gasteiger partial charge in [-0.05, 0) is 59.9 Å². The topological polar surface area (TPSA) is 76.1 Å². The van der Waals surface area contributed by atoms with Crippen molar-refractivity contribution in [3.63, 3.8) is 0 Å². The fraction of sp³-hybridized carbons (Fsp3) is 0.310. The summed E-state index contributed by atoms with van der Waals surface area (Å²) >= 11 is 0. The number of Topliss-reactive ketones (excluding diaryl/α,β-unsaturated/α-hetero) is 1. The highest BCUT2D eigenvalue weighted by molar-refractivity contribution is 6.46. The van der Waals surface area contributed by atoms with Gasteiger partial charge in [0.05, 0.1) is 17.7 Å². The van der Waals surface area contributed by atoms with E-state index in [-0.39, 0.29) is 23.5 Å². The molecule has 3 aromatic carbocycles. The average Bonchev–Trinajstić information content (AvgIpc) is 3.57. The molecule has 3 aliphatic rings. The molecule has 0 bridgehead atoms. The quantitative estimate of drug-likeness (QED) is 0.339. The highest BCUT2D eigenvalue weighted by Gasteiger charge is 2.47. The van der Waals surface area contributed by atoms with Crippen LogP contribution >= 0.6 is 0 Å². The molecule has 0 unspecified atom stereocenters. The molecule has 2 fully saturated rings. The van der Waals surface area contributed by atoms with Gasteiger partial charge >= 0.3 is 0 Å². The van der Waals surface area contributed by atoms with Gasteiger partial charge in [0.15, 0.2) is 0 Å². The van der Waals surface area contributed by atoms with Crippen LogP contribution in [0.4, 0.5) is 0 Å². The highest BCUT2D eigenvalue weighted by Crippen LogP contribution is 2.43. The monoisotopic (exact) mass is 469 g/mol. The summed E-state index contributed by atoms with van der Waals surface area (Å²) in [6.45, 7) is 2.96. The number of fused-ring (bicyclic) bond motifs is 2. The highest BCUT2D eigenvalue weighted by atomic mass is 16.5. The molecule has 3 atom stereocenters. The lowest BCUT2D eigenvalue weighted by Gasteiger charge is -2.28. The van der Waals surface area contributed by atoms with Crippen LogP contribution in [0.1, 0.15) is 42.5 Å². The summed E-state index contributed by atoms with van der Waals surface area (Å²) in [5.74, 6) is -0.626. The van der Waals surface area contributed by atoms with Crippen molar-refractivity contribution in [3.8, 4) is 5.75 Å². The minimum Gasteiger partial charge on any atom is -0.507 e. The second-order valence-electron chi connectivity index (χ2n) is 9.61. The maximum absolute atomic E-state index is 13.4. The van der Waals surface area contributed by atoms with E-state index in [1.54, 1.807) is 11.0 Å². The van der Waals surface area contributed by atoms with Crippen molar-refractivity contribution in [1.82, 2.24) is 4.90 Å². The second kappa shape index (κ2) is 8.54. The first-order valence-electron chi connectivity index (χ1n) is 12.2. The van der Waals surface area contributed by atoms with E-state index in [9.17, 15) is 14.7 Å². The number of aliphatic hydroxyl groups is 1. The molecule has 6 rings (SSSR count). The lowest BCUT2D eigenvalue weighted by Crippen LogP contribution is -2.36. The molecule has 2 saturated heterocycles. The zero-order valence-electron chi connectivity index (χ0n) is 19.6. The maximum atomic E-state index is 13.4. The number of likely N-dealkylation sites (tertiary alicyclic amines) is 1. The van der Waals surface area contributed by atoms with E-state index < -0.39 is 17.7 Å². The van der Waals surface area contributed by atoms with Gasteiger partial charge in [-0.1, -0.05) is 42.5 Å². The van der Waals surface area contributed by atoms with E-state index in [0.717, 1.165) is 46.9 Å². The molecule has 1 amide bonds. The minimum atomic E-state index is -0.700. The third kappa shape index (κ3) is 3.69. The number of nitrogens with zero attached hydrogens (tertiary/aromatic N) is 1. The van der Waals surface area contributed by atoms with E-state index in [0.29, 0.717) is 18.7 Å². The van der Waals surface area contributed by atoms with E-state index in [2.05, 4.69) is 0 Å². The second-order valence-corrected chi connectivity index (χ2v) is 9.61. The Morgan fingerprint density at radius 1 is 1.09 bits per heavy atom. The van der Waals surface area contributed by atoms with Gasteiger partial charge in [-0.25, -0.2) is 0 Å². The summed E-state index contributed by atoms with van der Waals surface area (Å²) in [7, 11) is 0. The molecule has 0 aromatic heterocycles. The van der Waals surface area contributed by atoms with Gasteiger partial charge in [0, 0.05) is 25.1 Å². The molecule has 178 valence electrons. The first kappa shape index (κ1) is 21.9. The van der Waals surface area contributed by atoms with Crippen molar-refractivity contribution in [2.75, 3.05) is 13.2 Å². The lowest BCUT2D eigenvalue weighted by atomic mass is 9.91. The normalized spacial score (nSPS) is 25.3. The third-order valence-corrected chi connectivity index (χ3v) is 7.25. The number of carbonyl (C=O) groups excluding carboxylic acids is 2. The molecule has 35 heavy (non-hydrogen) atoms. The van der Waals surface area contributed by atoms with Gasteiger partial charge in [-0.2, -0.15) is 0 Å². The summed E-state index contributed by atoms with van der Waals surface area (Å²) in [4.78, 5) is 28.4. The van der Waals surface area contributed by atoms with Gasteiger partial charge in [-0.15, -0.1) is 0 Å². The van der Waals surface area contributed by atoms with Gasteiger partial charge in [0.25, 0.3) is 11.7 Å². The average molecular weight is 470 g/mol. The number of hydrogen-bond acceptors (Lipinski definition) is 5. The number of hydrogen-bond donors (Lipinski definition) is 1. The van der Waals surface area contributed by atoms with E-state index in [4.69, 9.17) is 9.47 Å². The van der Waals surface area contributed by atoms with Gasteiger partial charge in [0.2, 0.25) is 0 Å². The number of amides is 1. The molecule has 3 heterocycles. The Kier molecular flexibility index (Phi) is 5.33. The Bertz CT molecular complexity index is 1370. The smallest absolute Gasteiger partial charge is 0.295 e. The van der Waals surface area contributed by atoms with Crippen molar-refractivity contribution in [2.45, 2.75) is 44.4 Å². The zero-order valence-corrected chi connectivity index (χ0v) is 19.6. The van der Waals surface area contributed by atoms with Crippen molar-refractivity contribution in [3.05, 3.63) is 82.9 Å². The summed E-state index contributed by atoms with van der Waals surface area (Å²) < 4.78 is 11.6. The molecule has 0 aliphatic carbocycles. The Morgan fingerprint density at radius 2 is 1.91 bits per heavy atom. The molecule has 1 N–H and O–H groups in total. The van der Waals surface area contributed by atoms with Crippen LogP contribution in [0.25, 0.3) is 16.5 Å². The molecule has 0 spiro atoms. The third-order valence-electron chi connectivity index (χ3n) is 7.25. The molecular formula is C29H27NO5. The zero-order chi connectivity index (χ0) is 24.1. The Labute approximate surface area is 203 Å². The number of benzene rings is 3. The minimum absolute atomic E-state index is 0.0649. The van der Waals surface area contributed by atoms with Gasteiger partial charge in [0.1, 0.15) is 17.6 Å². The van der Waals surface area contributed by atoms with Gasteiger partial charge in [-0.3, -0.25) is 9.59 Å². The first-order valence-corrected chi connectivity index (χ1v) is 12.2. The van der Waals surface area contributed by atoms with Crippen LogP contribution in [0, 0.1) is 0 Å². The molecule has 0 saturated carbocycles. The summed E-state index contributed by atoms with van der Waals surface area (Å²) in [6.07, 6.45) is 2.45. The standard InChI is InChI=1S/C29H27NO5/c1-17-14-20-15-19(11-12-24(20)35-17)27(31)25-26(23-10-4-7-18-6-2-3-9-22(18)23)30(29(33)28(25)32)16-21-8-5-13-34-21/h2-4,6-7,9-12,15,17,21,26,31H,5,8,13-14,16H2,1H3/t17-,21-,26-/m0/s1. The summed E-state index contributed by atoms with van der Waals surface area (Å²) in [5, 5.41) is 13.5. The van der Waals surface area contributed by atoms with Crippen LogP contribution in [0.5, 0.6) is 5.75 Å². The Hall–Kier alpha value is -3.64. The SMILES string of the molecule is C[C@H]1Cc2cc(C(O)=C3C(=O)C(=O)N(C[C@@H]4CCCO4)[C@H]3c3cccc4ccccc34)ccc2O1. The number of ketones is 1. The van der Waals surface area contributed by atoms with E-state index >= 15 is 0 Å². The molecule has 3 aliphatic heterocycles. The summed E-state index contributed by atoms with van der Waals surface area (Å²) in [6, 6.07) is 18.5. The van der Waals surface area contributed by atoms with Crippen LogP contribution in [0.3, 0.4) is 0 Å². The van der Waals surface area contributed by atoms with Gasteiger partial charge < -0.3 is 19.5 Å². The van der Waals surface area contributed by atoms with Crippen molar-refractivity contribution >= 4 is 28.2 Å². The van der Waals surface area contributed by atoms with Crippen molar-refractivity contribution < 1.29 is 24.2 Å². The lowest BCUT2D eigenvalue weighted by molar-refractivity contribution is -0.140. The largest absolute Gasteiger partial charge is 0.507 e. The van der Waals surface area contributed by atoms with Crippen LogP contribution in [-0.4, -0.2) is 47.1 Å². The van der Waals surface area contributed by atoms with Crippen molar-refractivity contribution in [1.29, 1.82) is 0 Å². The maximum Gasteiger partial charge on any atom is 0.295 e. The van der Waals surface area contributed by atoms with Crippen LogP contribution in [0.2, 0.25) is 0 Å². The van der Waals surface area contributed by atoms with Crippen LogP contribution in [0.15, 0.2) is 66.2 Å². The molecule has 3 aromatic rings. The molecule has 6 nitrogen and oxygen atoms in total. The van der Waals surface area contributed by atoms with E-state index in [1.807, 2.05) is 61.5 Å². The Morgan fingerprint density at radius 3 is 2.74 bits per heavy atom. The van der Waals surface area contributed by atoms with E-state index in [1.165, 1.54) is 0 Å². The molecule has 0 radical (unpaired) electrons. The Balaban J connectivity index is 1.52. The molecular weight excluding hydrogens is 442 g/mol. The van der Waals surface area contributed by atoms with Crippen LogP contribution < -0.4 is 4.74 Å². The first-order chi connectivity index (χ1) is 17.0.